The summed E-state index contributed by atoms with van der Waals surface area (Å²) in [5, 5.41) is 0.586. The molecule has 2 aliphatic heterocycles. The van der Waals surface area contributed by atoms with E-state index in [1.54, 1.807) is 7.05 Å². The van der Waals surface area contributed by atoms with Crippen molar-refractivity contribution in [2.24, 2.45) is 4.99 Å². The van der Waals surface area contributed by atoms with Crippen LogP contribution in [-0.2, 0) is 16.1 Å². The molecular formula is C17H19N4O3S+. The molecular weight excluding hydrogens is 340 g/mol. The Bertz CT molecular complexity index is 803. The van der Waals surface area contributed by atoms with Crippen molar-refractivity contribution in [3.63, 3.8) is 0 Å². The van der Waals surface area contributed by atoms with E-state index in [1.807, 2.05) is 34.9 Å². The van der Waals surface area contributed by atoms with E-state index in [4.69, 9.17) is 0 Å². The van der Waals surface area contributed by atoms with Crippen LogP contribution in [0.15, 0.2) is 35.3 Å². The lowest BCUT2D eigenvalue weighted by Crippen LogP contribution is -2.61. The van der Waals surface area contributed by atoms with Gasteiger partial charge in [-0.25, -0.2) is 9.37 Å². The number of nitrogens with zero attached hydrogens (tertiary/aromatic N) is 4. The van der Waals surface area contributed by atoms with Crippen molar-refractivity contribution < 1.29 is 19.0 Å². The molecule has 3 amide bonds. The van der Waals surface area contributed by atoms with Crippen LogP contribution in [0.3, 0.4) is 0 Å². The summed E-state index contributed by atoms with van der Waals surface area (Å²) in [5.41, 5.74) is 1.02. The predicted molar refractivity (Wildman–Crippen MR) is 95.7 cm³/mol. The van der Waals surface area contributed by atoms with Gasteiger partial charge in [0.05, 0.1) is 5.75 Å². The van der Waals surface area contributed by atoms with Crippen LogP contribution in [0.5, 0.6) is 0 Å². The number of hydrogen-bond donors (Lipinski definition) is 0. The summed E-state index contributed by atoms with van der Waals surface area (Å²) in [6, 6.07) is 8.67. The van der Waals surface area contributed by atoms with Gasteiger partial charge in [0, 0.05) is 14.1 Å². The molecule has 8 heteroatoms. The van der Waals surface area contributed by atoms with E-state index in [-0.39, 0.29) is 17.4 Å². The van der Waals surface area contributed by atoms with Crippen LogP contribution in [0.1, 0.15) is 12.5 Å². The highest BCUT2D eigenvalue weighted by atomic mass is 32.2. The molecule has 1 saturated heterocycles. The van der Waals surface area contributed by atoms with Crippen LogP contribution >= 0.6 is 11.8 Å². The number of carbonyl (C=O) groups is 3. The molecule has 2 aliphatic rings. The Balaban J connectivity index is 2.00. The zero-order chi connectivity index (χ0) is 18.1. The molecule has 1 fully saturated rings. The van der Waals surface area contributed by atoms with E-state index < -0.39 is 12.1 Å². The molecule has 0 spiro atoms. The first-order valence-corrected chi connectivity index (χ1v) is 8.82. The molecule has 2 heterocycles. The zero-order valence-electron chi connectivity index (χ0n) is 14.3. The molecule has 0 radical (unpaired) electrons. The summed E-state index contributed by atoms with van der Waals surface area (Å²) in [4.78, 5) is 43.3. The molecule has 130 valence electrons. The predicted octanol–water partition coefficient (Wildman–Crippen LogP) is 1.18. The molecule has 1 aromatic carbocycles. The molecule has 1 unspecified atom stereocenters. The minimum absolute atomic E-state index is 0.0279. The van der Waals surface area contributed by atoms with E-state index in [0.29, 0.717) is 17.5 Å². The van der Waals surface area contributed by atoms with Gasteiger partial charge in [0.15, 0.2) is 0 Å². The fraction of sp³-hybridized carbons (Fsp3) is 0.353. The highest BCUT2D eigenvalue weighted by Gasteiger charge is 2.53. The summed E-state index contributed by atoms with van der Waals surface area (Å²) in [6.07, 6.45) is 0. The maximum atomic E-state index is 12.7. The van der Waals surface area contributed by atoms with Crippen LogP contribution in [-0.4, -0.2) is 69.0 Å². The van der Waals surface area contributed by atoms with Crippen LogP contribution < -0.4 is 0 Å². The summed E-state index contributed by atoms with van der Waals surface area (Å²) in [6.45, 7) is 1.99. The number of benzene rings is 1. The Hall–Kier alpha value is -2.48. The summed E-state index contributed by atoms with van der Waals surface area (Å²) < 4.78 is 1.86. The monoisotopic (exact) mass is 359 g/mol. The van der Waals surface area contributed by atoms with Gasteiger partial charge in [-0.15, -0.1) is 0 Å². The molecule has 7 nitrogen and oxygen atoms in total. The average molecular weight is 359 g/mol. The molecule has 25 heavy (non-hydrogen) atoms. The summed E-state index contributed by atoms with van der Waals surface area (Å²) >= 11 is 1.29. The molecule has 1 aromatic rings. The zero-order valence-corrected chi connectivity index (χ0v) is 15.1. The number of thioether (sulfide) groups is 1. The van der Waals surface area contributed by atoms with Crippen molar-refractivity contribution >= 4 is 40.5 Å². The molecule has 0 aliphatic carbocycles. The Kier molecular flexibility index (Phi) is 4.71. The maximum Gasteiger partial charge on any atom is 0.358 e. The van der Waals surface area contributed by atoms with Crippen molar-refractivity contribution in [3.05, 3.63) is 35.9 Å². The van der Waals surface area contributed by atoms with Gasteiger partial charge in [-0.1, -0.05) is 30.3 Å². The molecule has 0 saturated carbocycles. The van der Waals surface area contributed by atoms with Crippen molar-refractivity contribution in [1.29, 1.82) is 0 Å². The number of imide groups is 1. The summed E-state index contributed by atoms with van der Waals surface area (Å²) in [5.74, 6) is 0.401. The Morgan fingerprint density at radius 2 is 1.88 bits per heavy atom. The van der Waals surface area contributed by atoms with Gasteiger partial charge in [0.1, 0.15) is 12.3 Å². The fourth-order valence-electron chi connectivity index (χ4n) is 2.80. The fourth-order valence-corrected chi connectivity index (χ4v) is 3.62. The maximum absolute atomic E-state index is 12.7. The average Bonchev–Trinajstić information content (AvgIpc) is 2.95. The lowest BCUT2D eigenvalue weighted by atomic mass is 10.1. The number of urea groups is 1. The number of amides is 3. The first kappa shape index (κ1) is 17.3. The van der Waals surface area contributed by atoms with Crippen LogP contribution in [0.25, 0.3) is 0 Å². The lowest BCUT2D eigenvalue weighted by Gasteiger charge is -2.30. The van der Waals surface area contributed by atoms with Gasteiger partial charge in [0.2, 0.25) is 0 Å². The second-order valence-electron chi connectivity index (χ2n) is 6.00. The Morgan fingerprint density at radius 1 is 1.20 bits per heavy atom. The molecule has 0 aromatic heterocycles. The highest BCUT2D eigenvalue weighted by Crippen LogP contribution is 2.24. The highest BCUT2D eigenvalue weighted by molar-refractivity contribution is 8.14. The number of carbonyl (C=O) groups excluding carboxylic acids is 3. The number of Topliss-reactive ketones (excluding diaryl/α,β-unsaturated/α-hetero) is 1. The van der Waals surface area contributed by atoms with E-state index in [0.717, 1.165) is 10.5 Å². The largest absolute Gasteiger partial charge is 0.358 e. The van der Waals surface area contributed by atoms with E-state index in [1.165, 1.54) is 30.6 Å². The van der Waals surface area contributed by atoms with Crippen molar-refractivity contribution in [3.8, 4) is 0 Å². The van der Waals surface area contributed by atoms with Gasteiger partial charge in [-0.2, -0.15) is 0 Å². The van der Waals surface area contributed by atoms with Gasteiger partial charge in [-0.3, -0.25) is 19.4 Å². The number of fused-ring (bicyclic) bond motifs is 1. The second kappa shape index (κ2) is 6.79. The normalized spacial score (nSPS) is 20.1. The van der Waals surface area contributed by atoms with E-state index >= 15 is 0 Å². The van der Waals surface area contributed by atoms with Gasteiger partial charge >= 0.3 is 11.2 Å². The number of ketones is 1. The number of hydrogen-bond acceptors (Lipinski definition) is 5. The quantitative estimate of drug-likeness (QED) is 0.757. The number of likely N-dealkylation sites (N-methyl/N-ethyl adjacent to an activating group) is 2. The number of rotatable bonds is 4. The Labute approximate surface area is 150 Å². The van der Waals surface area contributed by atoms with Crippen molar-refractivity contribution in [2.45, 2.75) is 19.5 Å². The van der Waals surface area contributed by atoms with E-state index in [9.17, 15) is 14.4 Å². The third kappa shape index (κ3) is 3.21. The topological polar surface area (TPSA) is 73.1 Å². The summed E-state index contributed by atoms with van der Waals surface area (Å²) in [7, 11) is 3.08. The number of aliphatic imine (C=N–C) groups is 1. The van der Waals surface area contributed by atoms with Gasteiger partial charge in [0.25, 0.3) is 17.8 Å². The van der Waals surface area contributed by atoms with Crippen LogP contribution in [0.4, 0.5) is 4.79 Å². The van der Waals surface area contributed by atoms with Gasteiger partial charge < -0.3 is 0 Å². The molecule has 0 N–H and O–H groups in total. The van der Waals surface area contributed by atoms with Crippen molar-refractivity contribution in [2.75, 3.05) is 19.8 Å². The number of amidine groups is 2. The first-order chi connectivity index (χ1) is 11.9. The first-order valence-electron chi connectivity index (χ1n) is 7.83. The lowest BCUT2D eigenvalue weighted by molar-refractivity contribution is -0.548. The van der Waals surface area contributed by atoms with E-state index in [2.05, 4.69) is 4.99 Å². The third-order valence-corrected chi connectivity index (χ3v) is 5.23. The Morgan fingerprint density at radius 3 is 2.52 bits per heavy atom. The second-order valence-corrected chi connectivity index (χ2v) is 6.94. The van der Waals surface area contributed by atoms with Crippen LogP contribution in [0, 0.1) is 0 Å². The minimum Gasteiger partial charge on any atom is -0.299 e. The third-order valence-electron chi connectivity index (χ3n) is 4.09. The molecule has 0 bridgehead atoms. The van der Waals surface area contributed by atoms with Gasteiger partial charge in [-0.05, 0) is 29.2 Å². The molecule has 1 atom stereocenters. The standard InChI is InChI=1S/C17H19N4O3S/c1-11(22)10-25-16-18-14-13(15(23)20(3)17(24)19(14)2)21(16)9-12-7-5-4-6-8-12/h4-8,13H,9-10H2,1-3H3/q+1. The smallest absolute Gasteiger partial charge is 0.299 e. The molecule has 3 rings (SSSR count). The SMILES string of the molecule is CC(=O)CSC1=[N+](Cc2ccccc2)C2C(=O)N(C)C(=O)N(C)C2=N1. The van der Waals surface area contributed by atoms with Crippen molar-refractivity contribution in [1.82, 2.24) is 9.80 Å². The van der Waals surface area contributed by atoms with Crippen LogP contribution in [0.2, 0.25) is 0 Å². The minimum atomic E-state index is -0.651.